The van der Waals surface area contributed by atoms with E-state index in [2.05, 4.69) is 31.0 Å². The van der Waals surface area contributed by atoms with Gasteiger partial charge in [-0.2, -0.15) is 5.10 Å². The molecule has 0 radical (unpaired) electrons. The molecule has 0 atom stereocenters. The van der Waals surface area contributed by atoms with E-state index in [4.69, 9.17) is 0 Å². The van der Waals surface area contributed by atoms with Crippen molar-refractivity contribution in [2.45, 2.75) is 18.8 Å². The fourth-order valence-electron chi connectivity index (χ4n) is 1.47. The first-order valence-corrected chi connectivity index (χ1v) is 5.67. The van der Waals surface area contributed by atoms with Crippen LogP contribution in [-0.4, -0.2) is 19.7 Å². The standard InChI is InChI=1S/C10H9BrN4/c11-8-6-9(15-5-1-4-12-15)14-10(13-8)7-2-3-7/h1,4-7H,2-3H2. The summed E-state index contributed by atoms with van der Waals surface area (Å²) in [6, 6.07) is 3.76. The lowest BCUT2D eigenvalue weighted by Gasteiger charge is -2.03. The van der Waals surface area contributed by atoms with Crippen molar-refractivity contribution < 1.29 is 0 Å². The second-order valence-electron chi connectivity index (χ2n) is 3.63. The van der Waals surface area contributed by atoms with Crippen molar-refractivity contribution in [3.05, 3.63) is 35.0 Å². The van der Waals surface area contributed by atoms with E-state index in [1.807, 2.05) is 18.3 Å². The molecule has 4 nitrogen and oxygen atoms in total. The molecule has 2 heterocycles. The van der Waals surface area contributed by atoms with Gasteiger partial charge in [0.05, 0.1) is 0 Å². The molecule has 1 saturated carbocycles. The third kappa shape index (κ3) is 1.79. The first kappa shape index (κ1) is 9.03. The highest BCUT2D eigenvalue weighted by Crippen LogP contribution is 2.38. The van der Waals surface area contributed by atoms with Crippen molar-refractivity contribution in [2.75, 3.05) is 0 Å². The topological polar surface area (TPSA) is 43.6 Å². The van der Waals surface area contributed by atoms with Gasteiger partial charge in [-0.15, -0.1) is 0 Å². The minimum absolute atomic E-state index is 0.553. The molecule has 0 spiro atoms. The smallest absolute Gasteiger partial charge is 0.158 e. The number of halogens is 1. The van der Waals surface area contributed by atoms with E-state index < -0.39 is 0 Å². The molecule has 5 heteroatoms. The maximum Gasteiger partial charge on any atom is 0.158 e. The monoisotopic (exact) mass is 264 g/mol. The predicted molar refractivity (Wildman–Crippen MR) is 58.8 cm³/mol. The summed E-state index contributed by atoms with van der Waals surface area (Å²) in [5, 5.41) is 4.15. The highest BCUT2D eigenvalue weighted by Gasteiger charge is 2.27. The zero-order valence-electron chi connectivity index (χ0n) is 7.97. The van der Waals surface area contributed by atoms with Crippen molar-refractivity contribution in [1.82, 2.24) is 19.7 Å². The molecule has 0 aliphatic heterocycles. The molecule has 1 aliphatic carbocycles. The molecule has 2 aromatic rings. The van der Waals surface area contributed by atoms with Crippen LogP contribution in [0.2, 0.25) is 0 Å². The summed E-state index contributed by atoms with van der Waals surface area (Å²) in [7, 11) is 0. The fourth-order valence-corrected chi connectivity index (χ4v) is 1.86. The van der Waals surface area contributed by atoms with Crippen LogP contribution < -0.4 is 0 Å². The Morgan fingerprint density at radius 1 is 1.33 bits per heavy atom. The van der Waals surface area contributed by atoms with Crippen molar-refractivity contribution in [2.24, 2.45) is 0 Å². The van der Waals surface area contributed by atoms with Crippen molar-refractivity contribution in [1.29, 1.82) is 0 Å². The predicted octanol–water partition coefficient (Wildman–Crippen LogP) is 2.30. The molecule has 0 aromatic carbocycles. The fraction of sp³-hybridized carbons (Fsp3) is 0.300. The summed E-state index contributed by atoms with van der Waals surface area (Å²) in [6.07, 6.45) is 6.03. The molecule has 0 saturated heterocycles. The third-order valence-corrected chi connectivity index (χ3v) is 2.79. The SMILES string of the molecule is Brc1cc(-n2cccn2)nc(C2CC2)n1. The lowest BCUT2D eigenvalue weighted by Crippen LogP contribution is -2.02. The quantitative estimate of drug-likeness (QED) is 0.782. The average molecular weight is 265 g/mol. The van der Waals surface area contributed by atoms with E-state index in [-0.39, 0.29) is 0 Å². The van der Waals surface area contributed by atoms with E-state index in [0.717, 1.165) is 16.2 Å². The lowest BCUT2D eigenvalue weighted by atomic mass is 10.4. The molecule has 76 valence electrons. The van der Waals surface area contributed by atoms with Crippen molar-refractivity contribution >= 4 is 15.9 Å². The zero-order chi connectivity index (χ0) is 10.3. The van der Waals surface area contributed by atoms with Gasteiger partial charge in [-0.25, -0.2) is 14.6 Å². The van der Waals surface area contributed by atoms with Gasteiger partial charge in [0, 0.05) is 24.4 Å². The molecule has 1 fully saturated rings. The highest BCUT2D eigenvalue weighted by atomic mass is 79.9. The van der Waals surface area contributed by atoms with E-state index in [0.29, 0.717) is 5.92 Å². The Balaban J connectivity index is 2.07. The van der Waals surface area contributed by atoms with Gasteiger partial charge in [0.25, 0.3) is 0 Å². The molecule has 0 amide bonds. The van der Waals surface area contributed by atoms with Gasteiger partial charge in [0.1, 0.15) is 10.4 Å². The summed E-state index contributed by atoms with van der Waals surface area (Å²) in [5.41, 5.74) is 0. The second-order valence-corrected chi connectivity index (χ2v) is 4.44. The van der Waals surface area contributed by atoms with Crippen LogP contribution in [0, 0.1) is 0 Å². The molecule has 15 heavy (non-hydrogen) atoms. The molecule has 0 N–H and O–H groups in total. The van der Waals surface area contributed by atoms with Gasteiger partial charge in [-0.1, -0.05) is 0 Å². The van der Waals surface area contributed by atoms with Crippen LogP contribution in [0.3, 0.4) is 0 Å². The van der Waals surface area contributed by atoms with Crippen LogP contribution in [0.1, 0.15) is 24.6 Å². The second kappa shape index (κ2) is 3.41. The van der Waals surface area contributed by atoms with Crippen LogP contribution in [0.4, 0.5) is 0 Å². The zero-order valence-corrected chi connectivity index (χ0v) is 9.55. The Bertz CT molecular complexity index is 476. The number of aromatic nitrogens is 4. The van der Waals surface area contributed by atoms with Crippen LogP contribution in [0.15, 0.2) is 29.1 Å². The van der Waals surface area contributed by atoms with E-state index in [1.54, 1.807) is 10.9 Å². The lowest BCUT2D eigenvalue weighted by molar-refractivity contribution is 0.805. The largest absolute Gasteiger partial charge is 0.226 e. The molecule has 0 bridgehead atoms. The summed E-state index contributed by atoms with van der Waals surface area (Å²) in [4.78, 5) is 8.87. The average Bonchev–Trinajstić information content (AvgIpc) is 2.93. The van der Waals surface area contributed by atoms with Gasteiger partial charge in [-0.3, -0.25) is 0 Å². The molecule has 3 rings (SSSR count). The summed E-state index contributed by atoms with van der Waals surface area (Å²) < 4.78 is 2.57. The Labute approximate surface area is 95.5 Å². The summed E-state index contributed by atoms with van der Waals surface area (Å²) in [5.74, 6) is 2.30. The first-order valence-electron chi connectivity index (χ1n) is 4.87. The van der Waals surface area contributed by atoms with Gasteiger partial charge in [-0.05, 0) is 34.8 Å². The van der Waals surface area contributed by atoms with Gasteiger partial charge >= 0.3 is 0 Å². The number of rotatable bonds is 2. The van der Waals surface area contributed by atoms with Crippen molar-refractivity contribution in [3.63, 3.8) is 0 Å². The molecule has 1 aliphatic rings. The first-order chi connectivity index (χ1) is 7.33. The molecular formula is C10H9BrN4. The Kier molecular flexibility index (Phi) is 2.05. The van der Waals surface area contributed by atoms with Crippen LogP contribution in [0.25, 0.3) is 5.82 Å². The van der Waals surface area contributed by atoms with Gasteiger partial charge < -0.3 is 0 Å². The summed E-state index contributed by atoms with van der Waals surface area (Å²) >= 11 is 3.40. The van der Waals surface area contributed by atoms with Gasteiger partial charge in [0.2, 0.25) is 0 Å². The number of hydrogen-bond acceptors (Lipinski definition) is 3. The van der Waals surface area contributed by atoms with Gasteiger partial charge in [0.15, 0.2) is 5.82 Å². The summed E-state index contributed by atoms with van der Waals surface area (Å²) in [6.45, 7) is 0. The van der Waals surface area contributed by atoms with E-state index in [9.17, 15) is 0 Å². The maximum absolute atomic E-state index is 4.50. The Hall–Kier alpha value is -1.23. The normalized spacial score (nSPS) is 15.5. The maximum atomic E-state index is 4.50. The highest BCUT2D eigenvalue weighted by molar-refractivity contribution is 9.10. The minimum atomic E-state index is 0.553. The third-order valence-electron chi connectivity index (χ3n) is 2.38. The minimum Gasteiger partial charge on any atom is -0.226 e. The van der Waals surface area contributed by atoms with Crippen LogP contribution >= 0.6 is 15.9 Å². The Morgan fingerprint density at radius 3 is 2.87 bits per heavy atom. The number of nitrogens with zero attached hydrogens (tertiary/aromatic N) is 4. The molecule has 0 unspecified atom stereocenters. The van der Waals surface area contributed by atoms with Crippen LogP contribution in [-0.2, 0) is 0 Å². The molecular weight excluding hydrogens is 256 g/mol. The van der Waals surface area contributed by atoms with E-state index >= 15 is 0 Å². The van der Waals surface area contributed by atoms with Crippen LogP contribution in [0.5, 0.6) is 0 Å². The van der Waals surface area contributed by atoms with E-state index in [1.165, 1.54) is 12.8 Å². The van der Waals surface area contributed by atoms with Crippen molar-refractivity contribution in [3.8, 4) is 5.82 Å². The molecule has 2 aromatic heterocycles. The Morgan fingerprint density at radius 2 is 2.20 bits per heavy atom. The number of hydrogen-bond donors (Lipinski definition) is 0.